The van der Waals surface area contributed by atoms with Crippen LogP contribution in [0.5, 0.6) is 0 Å². The van der Waals surface area contributed by atoms with Crippen LogP contribution < -0.4 is 10.6 Å². The van der Waals surface area contributed by atoms with E-state index < -0.39 is 0 Å². The molecule has 1 aromatic carbocycles. The highest BCUT2D eigenvalue weighted by molar-refractivity contribution is 7.14. The van der Waals surface area contributed by atoms with Gasteiger partial charge in [-0.1, -0.05) is 24.3 Å². The van der Waals surface area contributed by atoms with Crippen LogP contribution in [0.1, 0.15) is 31.6 Å². The van der Waals surface area contributed by atoms with E-state index in [1.807, 2.05) is 19.1 Å². The van der Waals surface area contributed by atoms with Crippen LogP contribution in [-0.2, 0) is 17.8 Å². The molecule has 1 unspecified atom stereocenters. The molecule has 0 aliphatic rings. The molecule has 0 saturated carbocycles. The Hall–Kier alpha value is -2.60. The number of hydrogen-bond acceptors (Lipinski definition) is 5. The summed E-state index contributed by atoms with van der Waals surface area (Å²) in [5.74, 6) is 0.910. The molecule has 6 heteroatoms. The summed E-state index contributed by atoms with van der Waals surface area (Å²) in [4.78, 5) is 15.7. The van der Waals surface area contributed by atoms with Crippen molar-refractivity contribution in [3.05, 3.63) is 59.4 Å². The first-order chi connectivity index (χ1) is 12.6. The summed E-state index contributed by atoms with van der Waals surface area (Å²) in [6.07, 6.45) is 3.54. The highest BCUT2D eigenvalue weighted by Crippen LogP contribution is 2.25. The van der Waals surface area contributed by atoms with Crippen molar-refractivity contribution in [3.63, 3.8) is 0 Å². The highest BCUT2D eigenvalue weighted by Gasteiger charge is 2.07. The summed E-state index contributed by atoms with van der Waals surface area (Å²) >= 11 is 1.59. The first kappa shape index (κ1) is 18.2. The maximum Gasteiger partial charge on any atom is 0.217 e. The molecule has 26 heavy (non-hydrogen) atoms. The van der Waals surface area contributed by atoms with Gasteiger partial charge in [-0.15, -0.1) is 11.3 Å². The van der Waals surface area contributed by atoms with Gasteiger partial charge >= 0.3 is 0 Å². The predicted octanol–water partition coefficient (Wildman–Crippen LogP) is 4.47. The molecule has 0 radical (unpaired) electrons. The average Bonchev–Trinajstić information content (AvgIpc) is 3.30. The van der Waals surface area contributed by atoms with Crippen LogP contribution >= 0.6 is 11.3 Å². The lowest BCUT2D eigenvalue weighted by molar-refractivity contribution is -0.119. The van der Waals surface area contributed by atoms with Crippen molar-refractivity contribution in [2.45, 2.75) is 39.3 Å². The number of nitrogens with one attached hydrogen (secondary N) is 2. The van der Waals surface area contributed by atoms with E-state index in [0.29, 0.717) is 6.54 Å². The normalized spacial score (nSPS) is 11.9. The zero-order valence-electron chi connectivity index (χ0n) is 15.0. The number of carbonyl (C=O) groups is 1. The lowest BCUT2D eigenvalue weighted by Gasteiger charge is -2.12. The van der Waals surface area contributed by atoms with E-state index >= 15 is 0 Å². The molecule has 0 fully saturated rings. The minimum atomic E-state index is 0.0211. The lowest BCUT2D eigenvalue weighted by atomic mass is 10.0. The Morgan fingerprint density at radius 3 is 2.77 bits per heavy atom. The van der Waals surface area contributed by atoms with Crippen LogP contribution in [0.15, 0.2) is 52.5 Å². The van der Waals surface area contributed by atoms with Gasteiger partial charge in [0, 0.05) is 23.9 Å². The largest absolute Gasteiger partial charge is 0.467 e. The molecule has 1 atom stereocenters. The van der Waals surface area contributed by atoms with E-state index in [1.165, 1.54) is 5.56 Å². The van der Waals surface area contributed by atoms with E-state index in [0.717, 1.165) is 35.0 Å². The summed E-state index contributed by atoms with van der Waals surface area (Å²) in [6, 6.07) is 12.5. The number of amides is 1. The molecular formula is C20H23N3O2S. The van der Waals surface area contributed by atoms with Gasteiger partial charge in [-0.05, 0) is 37.5 Å². The third-order valence-electron chi connectivity index (χ3n) is 4.06. The van der Waals surface area contributed by atoms with Crippen molar-refractivity contribution in [2.24, 2.45) is 0 Å². The van der Waals surface area contributed by atoms with Crippen molar-refractivity contribution in [1.82, 2.24) is 10.3 Å². The van der Waals surface area contributed by atoms with Gasteiger partial charge < -0.3 is 15.1 Å². The third-order valence-corrected chi connectivity index (χ3v) is 4.86. The van der Waals surface area contributed by atoms with Crippen LogP contribution in [-0.4, -0.2) is 16.9 Å². The highest BCUT2D eigenvalue weighted by atomic mass is 32.1. The minimum Gasteiger partial charge on any atom is -0.467 e. The maximum atomic E-state index is 11.1. The van der Waals surface area contributed by atoms with Gasteiger partial charge in [0.15, 0.2) is 5.13 Å². The van der Waals surface area contributed by atoms with Crippen LogP contribution in [0.4, 0.5) is 5.13 Å². The van der Waals surface area contributed by atoms with E-state index in [9.17, 15) is 4.79 Å². The number of hydrogen-bond donors (Lipinski definition) is 2. The topological polar surface area (TPSA) is 67.2 Å². The fourth-order valence-corrected chi connectivity index (χ4v) is 3.43. The number of furan rings is 1. The van der Waals surface area contributed by atoms with Crippen molar-refractivity contribution in [2.75, 3.05) is 5.32 Å². The Bertz CT molecular complexity index is 825. The molecule has 1 amide bonds. The average molecular weight is 369 g/mol. The number of thiazole rings is 1. The summed E-state index contributed by atoms with van der Waals surface area (Å²) < 4.78 is 5.31. The fourth-order valence-electron chi connectivity index (χ4n) is 2.71. The third kappa shape index (κ3) is 5.20. The number of benzene rings is 1. The molecule has 3 rings (SSSR count). The number of aromatic nitrogens is 1. The fraction of sp³-hybridized carbons (Fsp3) is 0.300. The smallest absolute Gasteiger partial charge is 0.217 e. The molecule has 0 aliphatic heterocycles. The molecule has 2 N–H and O–H groups in total. The molecular weight excluding hydrogens is 346 g/mol. The van der Waals surface area contributed by atoms with Gasteiger partial charge in [0.1, 0.15) is 5.76 Å². The molecule has 136 valence electrons. The molecule has 0 aliphatic carbocycles. The van der Waals surface area contributed by atoms with Gasteiger partial charge in [-0.3, -0.25) is 4.79 Å². The van der Waals surface area contributed by atoms with E-state index in [1.54, 1.807) is 24.5 Å². The second-order valence-electron chi connectivity index (χ2n) is 6.31. The maximum absolute atomic E-state index is 11.1. The zero-order chi connectivity index (χ0) is 18.4. The molecule has 5 nitrogen and oxygen atoms in total. The summed E-state index contributed by atoms with van der Waals surface area (Å²) in [5.41, 5.74) is 3.33. The Kier molecular flexibility index (Phi) is 6.07. The summed E-state index contributed by atoms with van der Waals surface area (Å²) in [6.45, 7) is 4.21. The zero-order valence-corrected chi connectivity index (χ0v) is 15.8. The molecule has 0 spiro atoms. The molecule has 2 aromatic heterocycles. The molecule has 0 saturated heterocycles. The Labute approximate surface area is 157 Å². The van der Waals surface area contributed by atoms with Crippen LogP contribution in [0, 0.1) is 0 Å². The minimum absolute atomic E-state index is 0.0211. The second kappa shape index (κ2) is 8.67. The van der Waals surface area contributed by atoms with Gasteiger partial charge in [-0.2, -0.15) is 0 Å². The Morgan fingerprint density at radius 2 is 2.08 bits per heavy atom. The number of anilines is 1. The van der Waals surface area contributed by atoms with Gasteiger partial charge in [-0.25, -0.2) is 4.98 Å². The summed E-state index contributed by atoms with van der Waals surface area (Å²) in [7, 11) is 0. The predicted molar refractivity (Wildman–Crippen MR) is 105 cm³/mol. The van der Waals surface area contributed by atoms with Crippen LogP contribution in [0.25, 0.3) is 11.3 Å². The van der Waals surface area contributed by atoms with Crippen molar-refractivity contribution < 1.29 is 9.21 Å². The monoisotopic (exact) mass is 369 g/mol. The van der Waals surface area contributed by atoms with Gasteiger partial charge in [0.25, 0.3) is 0 Å². The Morgan fingerprint density at radius 1 is 1.27 bits per heavy atom. The van der Waals surface area contributed by atoms with Gasteiger partial charge in [0.2, 0.25) is 5.91 Å². The first-order valence-electron chi connectivity index (χ1n) is 8.68. The Balaban J connectivity index is 1.54. The van der Waals surface area contributed by atoms with Crippen LogP contribution in [0.2, 0.25) is 0 Å². The van der Waals surface area contributed by atoms with E-state index in [4.69, 9.17) is 4.42 Å². The van der Waals surface area contributed by atoms with Crippen molar-refractivity contribution in [3.8, 4) is 11.3 Å². The molecule has 0 bridgehead atoms. The van der Waals surface area contributed by atoms with E-state index in [2.05, 4.69) is 45.3 Å². The van der Waals surface area contributed by atoms with Gasteiger partial charge in [0.05, 0.1) is 18.5 Å². The molecule has 3 aromatic rings. The number of carbonyl (C=O) groups excluding carboxylic acids is 1. The lowest BCUT2D eigenvalue weighted by Crippen LogP contribution is -2.30. The number of rotatable bonds is 8. The van der Waals surface area contributed by atoms with Crippen molar-refractivity contribution >= 4 is 22.4 Å². The van der Waals surface area contributed by atoms with E-state index in [-0.39, 0.29) is 11.9 Å². The standard InChI is InChI=1S/C20H23N3O2S/c1-14(22-15(2)24)5-6-16-7-9-17(10-8-16)19-13-26-20(23-19)21-12-18-4-3-11-25-18/h3-4,7-11,13-14H,5-6,12H2,1-2H3,(H,21,23)(H,22,24). The number of nitrogens with zero attached hydrogens (tertiary/aromatic N) is 1. The first-order valence-corrected chi connectivity index (χ1v) is 9.56. The summed E-state index contributed by atoms with van der Waals surface area (Å²) in [5, 5.41) is 9.12. The number of aryl methyl sites for hydroxylation is 1. The quantitative estimate of drug-likeness (QED) is 0.615. The van der Waals surface area contributed by atoms with Crippen LogP contribution in [0.3, 0.4) is 0 Å². The SMILES string of the molecule is CC(=O)NC(C)CCc1ccc(-c2csc(NCc3ccco3)n2)cc1. The van der Waals surface area contributed by atoms with Crippen molar-refractivity contribution in [1.29, 1.82) is 0 Å². The second-order valence-corrected chi connectivity index (χ2v) is 7.17. The molecule has 2 heterocycles.